The van der Waals surface area contributed by atoms with Crippen molar-refractivity contribution < 1.29 is 0 Å². The summed E-state index contributed by atoms with van der Waals surface area (Å²) in [6, 6.07) is 24.5. The van der Waals surface area contributed by atoms with Gasteiger partial charge in [0, 0.05) is 30.4 Å². The Morgan fingerprint density at radius 1 is 0.750 bits per heavy atom. The van der Waals surface area contributed by atoms with Crippen molar-refractivity contribution in [1.82, 2.24) is 5.01 Å². The van der Waals surface area contributed by atoms with Gasteiger partial charge in [0.15, 0.2) is 0 Å². The van der Waals surface area contributed by atoms with Crippen molar-refractivity contribution in [3.63, 3.8) is 0 Å². The van der Waals surface area contributed by atoms with Gasteiger partial charge in [-0.2, -0.15) is 10.5 Å². The van der Waals surface area contributed by atoms with Gasteiger partial charge in [-0.3, -0.25) is 0 Å². The normalized spacial score (nSPS) is 15.0. The molecule has 1 heterocycles. The second-order valence-electron chi connectivity index (χ2n) is 7.17. The van der Waals surface area contributed by atoms with Gasteiger partial charge in [-0.1, -0.05) is 42.8 Å². The second kappa shape index (κ2) is 8.13. The van der Waals surface area contributed by atoms with Gasteiger partial charge in [-0.15, -0.1) is 0 Å². The van der Waals surface area contributed by atoms with Crippen LogP contribution in [0.1, 0.15) is 36.0 Å². The predicted octanol–water partition coefficient (Wildman–Crippen LogP) is 4.99. The van der Waals surface area contributed by atoms with Crippen molar-refractivity contribution in [2.75, 3.05) is 18.1 Å². The molecule has 3 aromatic carbocycles. The molecule has 0 N–H and O–H groups in total. The second-order valence-corrected chi connectivity index (χ2v) is 7.17. The monoisotopic (exact) mass is 366 g/mol. The lowest BCUT2D eigenvalue weighted by atomic mass is 10.0. The van der Waals surface area contributed by atoms with Crippen LogP contribution in [-0.2, 0) is 6.54 Å². The topological polar surface area (TPSA) is 54.1 Å². The van der Waals surface area contributed by atoms with E-state index < -0.39 is 0 Å². The van der Waals surface area contributed by atoms with Crippen LogP contribution in [0.4, 0.5) is 5.69 Å². The maximum absolute atomic E-state index is 9.47. The van der Waals surface area contributed by atoms with Crippen LogP contribution >= 0.6 is 0 Å². The number of anilines is 1. The van der Waals surface area contributed by atoms with E-state index in [9.17, 15) is 5.26 Å². The maximum atomic E-state index is 9.47. The molecule has 4 heteroatoms. The minimum atomic E-state index is 0.689. The number of hydrazine groups is 1. The molecule has 0 bridgehead atoms. The molecule has 0 saturated carbocycles. The van der Waals surface area contributed by atoms with Crippen LogP contribution in [0.5, 0.6) is 0 Å². The van der Waals surface area contributed by atoms with Crippen LogP contribution in [-0.4, -0.2) is 18.1 Å². The first-order chi connectivity index (χ1) is 13.8. The van der Waals surface area contributed by atoms with Crippen LogP contribution in [0.25, 0.3) is 10.8 Å². The van der Waals surface area contributed by atoms with Gasteiger partial charge in [0.25, 0.3) is 0 Å². The number of fused-ring (bicyclic) bond motifs is 1. The number of nitrogens with zero attached hydrogens (tertiary/aromatic N) is 4. The molecule has 0 atom stereocenters. The van der Waals surface area contributed by atoms with Crippen LogP contribution in [0.15, 0.2) is 60.7 Å². The van der Waals surface area contributed by atoms with Crippen LogP contribution in [0.2, 0.25) is 0 Å². The van der Waals surface area contributed by atoms with Gasteiger partial charge in [-0.05, 0) is 42.7 Å². The molecule has 28 heavy (non-hydrogen) atoms. The minimum absolute atomic E-state index is 0.689. The zero-order valence-corrected chi connectivity index (χ0v) is 15.8. The van der Waals surface area contributed by atoms with E-state index in [0.29, 0.717) is 11.1 Å². The van der Waals surface area contributed by atoms with Gasteiger partial charge in [0.05, 0.1) is 29.0 Å². The molecule has 1 aliphatic rings. The summed E-state index contributed by atoms with van der Waals surface area (Å²) in [5.74, 6) is 0. The van der Waals surface area contributed by atoms with Gasteiger partial charge >= 0.3 is 0 Å². The van der Waals surface area contributed by atoms with E-state index in [0.717, 1.165) is 42.5 Å². The molecule has 1 fully saturated rings. The molecule has 0 unspecified atom stereocenters. The Morgan fingerprint density at radius 2 is 1.50 bits per heavy atom. The van der Waals surface area contributed by atoms with Gasteiger partial charge in [-0.25, -0.2) is 5.01 Å². The molecule has 3 aromatic rings. The van der Waals surface area contributed by atoms with Crippen LogP contribution in [0, 0.1) is 22.7 Å². The van der Waals surface area contributed by atoms with Crippen molar-refractivity contribution in [2.24, 2.45) is 0 Å². The molecule has 0 aromatic heterocycles. The first kappa shape index (κ1) is 18.0. The summed E-state index contributed by atoms with van der Waals surface area (Å²) in [5, 5.41) is 25.4. The van der Waals surface area contributed by atoms with Gasteiger partial charge in [0.1, 0.15) is 0 Å². The van der Waals surface area contributed by atoms with Crippen molar-refractivity contribution in [2.45, 2.75) is 25.8 Å². The Balaban J connectivity index is 1.72. The lowest BCUT2D eigenvalue weighted by Gasteiger charge is -2.36. The smallest absolute Gasteiger partial charge is 0.0998 e. The molecule has 0 spiro atoms. The highest BCUT2D eigenvalue weighted by Gasteiger charge is 2.21. The van der Waals surface area contributed by atoms with E-state index in [1.54, 1.807) is 0 Å². The van der Waals surface area contributed by atoms with E-state index in [-0.39, 0.29) is 0 Å². The molecule has 0 amide bonds. The number of rotatable bonds is 3. The summed E-state index contributed by atoms with van der Waals surface area (Å²) in [6.45, 7) is 2.76. The lowest BCUT2D eigenvalue weighted by Crippen LogP contribution is -2.42. The maximum Gasteiger partial charge on any atom is 0.0998 e. The fraction of sp³-hybridized carbons (Fsp3) is 0.250. The molecule has 1 aliphatic heterocycles. The lowest BCUT2D eigenvalue weighted by molar-refractivity contribution is 0.253. The molecule has 0 radical (unpaired) electrons. The van der Waals surface area contributed by atoms with Gasteiger partial charge < -0.3 is 5.01 Å². The van der Waals surface area contributed by atoms with Crippen molar-refractivity contribution >= 4 is 16.5 Å². The summed E-state index contributed by atoms with van der Waals surface area (Å²) in [7, 11) is 0. The highest BCUT2D eigenvalue weighted by atomic mass is 15.6. The predicted molar refractivity (Wildman–Crippen MR) is 111 cm³/mol. The summed E-state index contributed by atoms with van der Waals surface area (Å²) in [4.78, 5) is 0. The zero-order valence-electron chi connectivity index (χ0n) is 15.8. The molecule has 4 rings (SSSR count). The first-order valence-corrected chi connectivity index (χ1v) is 9.73. The summed E-state index contributed by atoms with van der Waals surface area (Å²) >= 11 is 0. The Morgan fingerprint density at radius 3 is 2.25 bits per heavy atom. The molecule has 0 aliphatic carbocycles. The molecule has 4 nitrogen and oxygen atoms in total. The van der Waals surface area contributed by atoms with Gasteiger partial charge in [0.2, 0.25) is 0 Å². The fourth-order valence-corrected chi connectivity index (χ4v) is 3.93. The minimum Gasteiger partial charge on any atom is -0.305 e. The summed E-state index contributed by atoms with van der Waals surface area (Å²) < 4.78 is 0. The number of nitriles is 2. The number of benzene rings is 3. The average Bonchev–Trinajstić information content (AvgIpc) is 2.99. The summed E-state index contributed by atoms with van der Waals surface area (Å²) in [6.07, 6.45) is 3.54. The fourth-order valence-electron chi connectivity index (χ4n) is 3.93. The summed E-state index contributed by atoms with van der Waals surface area (Å²) in [5.41, 5.74) is 3.76. The van der Waals surface area contributed by atoms with Crippen molar-refractivity contribution in [3.8, 4) is 12.1 Å². The highest BCUT2D eigenvalue weighted by Crippen LogP contribution is 2.32. The Kier molecular flexibility index (Phi) is 5.24. The van der Waals surface area contributed by atoms with Crippen LogP contribution in [0.3, 0.4) is 0 Å². The Hall–Kier alpha value is -3.34. The standard InChI is InChI=1S/C24H22N4/c25-16-19-8-10-20(11-9-19)18-27-14-4-1-5-15-28(27)24-13-12-21(17-26)22-6-2-3-7-23(22)24/h2-3,6-13H,1,4-5,14-15,18H2. The molecular weight excluding hydrogens is 344 g/mol. The third-order valence-electron chi connectivity index (χ3n) is 5.38. The van der Waals surface area contributed by atoms with Crippen LogP contribution < -0.4 is 5.01 Å². The van der Waals surface area contributed by atoms with Crippen molar-refractivity contribution in [1.29, 1.82) is 10.5 Å². The van der Waals surface area contributed by atoms with E-state index in [4.69, 9.17) is 5.26 Å². The third-order valence-corrected chi connectivity index (χ3v) is 5.38. The molecular formula is C24H22N4. The SMILES string of the molecule is N#Cc1ccc(CN2CCCCCN2c2ccc(C#N)c3ccccc23)cc1. The average molecular weight is 366 g/mol. The largest absolute Gasteiger partial charge is 0.305 e. The Labute approximate surface area is 165 Å². The van der Waals surface area contributed by atoms with Crippen molar-refractivity contribution in [3.05, 3.63) is 77.4 Å². The first-order valence-electron chi connectivity index (χ1n) is 9.73. The molecule has 138 valence electrons. The van der Waals surface area contributed by atoms with E-state index in [1.807, 2.05) is 48.5 Å². The number of hydrogen-bond acceptors (Lipinski definition) is 4. The molecule has 1 saturated heterocycles. The number of hydrogen-bond donors (Lipinski definition) is 0. The van der Waals surface area contributed by atoms with E-state index in [2.05, 4.69) is 34.3 Å². The van der Waals surface area contributed by atoms with E-state index in [1.165, 1.54) is 18.4 Å². The Bertz CT molecular complexity index is 1060. The third kappa shape index (κ3) is 3.56. The van der Waals surface area contributed by atoms with E-state index >= 15 is 0 Å². The quantitative estimate of drug-likeness (QED) is 0.655. The highest BCUT2D eigenvalue weighted by molar-refractivity contribution is 5.97. The zero-order chi connectivity index (χ0) is 19.3.